The Morgan fingerprint density at radius 2 is 1.75 bits per heavy atom. The van der Waals surface area contributed by atoms with Crippen LogP contribution in [0.15, 0.2) is 12.2 Å². The first kappa shape index (κ1) is 15.7. The Morgan fingerprint density at radius 3 is 2.19 bits per heavy atom. The van der Waals surface area contributed by atoms with Crippen LogP contribution in [0, 0.1) is 11.8 Å². The van der Waals surface area contributed by atoms with Crippen LogP contribution in [0.3, 0.4) is 0 Å². The fraction of sp³-hybridized carbons (Fsp3) is 0.857. The molecule has 0 rings (SSSR count). The number of nitrogens with zero attached hydrogens (tertiary/aromatic N) is 1. The summed E-state index contributed by atoms with van der Waals surface area (Å²) in [4.78, 5) is 2.38. The second-order valence-corrected chi connectivity index (χ2v) is 5.64. The van der Waals surface area contributed by atoms with Crippen LogP contribution in [0.4, 0.5) is 0 Å². The summed E-state index contributed by atoms with van der Waals surface area (Å²) in [6.45, 7) is 18.4. The number of nitrogens with one attached hydrogen (secondary N) is 1. The molecular formula is C14H30N2. The van der Waals surface area contributed by atoms with Crippen molar-refractivity contribution in [2.24, 2.45) is 11.8 Å². The maximum Gasteiger partial charge on any atom is 0.0187 e. The molecule has 2 atom stereocenters. The first-order valence-corrected chi connectivity index (χ1v) is 6.40. The minimum atomic E-state index is 0.594. The van der Waals surface area contributed by atoms with E-state index < -0.39 is 0 Å². The molecule has 0 aromatic carbocycles. The average molecular weight is 226 g/mol. The molecular weight excluding hydrogens is 196 g/mol. The topological polar surface area (TPSA) is 15.3 Å². The van der Waals surface area contributed by atoms with Crippen molar-refractivity contribution in [3.8, 4) is 0 Å². The third-order valence-corrected chi connectivity index (χ3v) is 3.06. The molecule has 0 heterocycles. The van der Waals surface area contributed by atoms with Crippen LogP contribution in [-0.4, -0.2) is 37.6 Å². The number of likely N-dealkylation sites (N-methyl/N-ethyl adjacent to an activating group) is 1. The maximum absolute atomic E-state index is 3.96. The summed E-state index contributed by atoms with van der Waals surface area (Å²) < 4.78 is 0. The Bertz CT molecular complexity index is 199. The lowest BCUT2D eigenvalue weighted by molar-refractivity contribution is 0.209. The molecule has 0 aromatic heterocycles. The first-order valence-electron chi connectivity index (χ1n) is 6.40. The highest BCUT2D eigenvalue weighted by Crippen LogP contribution is 2.09. The normalized spacial score (nSPS) is 15.5. The van der Waals surface area contributed by atoms with Gasteiger partial charge in [-0.3, -0.25) is 4.90 Å². The quantitative estimate of drug-likeness (QED) is 0.640. The predicted octanol–water partition coefficient (Wildman–Crippen LogP) is 2.76. The summed E-state index contributed by atoms with van der Waals surface area (Å²) in [5.74, 6) is 1.40. The zero-order chi connectivity index (χ0) is 12.7. The highest BCUT2D eigenvalue weighted by Gasteiger charge is 2.16. The summed E-state index contributed by atoms with van der Waals surface area (Å²) >= 11 is 0. The molecule has 96 valence electrons. The largest absolute Gasteiger partial charge is 0.316 e. The molecule has 2 nitrogen and oxygen atoms in total. The van der Waals surface area contributed by atoms with Gasteiger partial charge in [0.25, 0.3) is 0 Å². The van der Waals surface area contributed by atoms with Crippen molar-refractivity contribution in [3.63, 3.8) is 0 Å². The van der Waals surface area contributed by atoms with Crippen LogP contribution in [-0.2, 0) is 0 Å². The van der Waals surface area contributed by atoms with Crippen molar-refractivity contribution < 1.29 is 0 Å². The maximum atomic E-state index is 3.96. The SMILES string of the molecule is C=C(C)CN(C)C(C)C(C)CNCC(C)C. The molecule has 0 aliphatic rings. The second-order valence-electron chi connectivity index (χ2n) is 5.64. The van der Waals surface area contributed by atoms with Gasteiger partial charge in [0, 0.05) is 12.6 Å². The third kappa shape index (κ3) is 7.02. The van der Waals surface area contributed by atoms with E-state index in [9.17, 15) is 0 Å². The van der Waals surface area contributed by atoms with Crippen LogP contribution in [0.5, 0.6) is 0 Å². The molecule has 0 aliphatic heterocycles. The van der Waals surface area contributed by atoms with Crippen molar-refractivity contribution in [1.82, 2.24) is 10.2 Å². The summed E-state index contributed by atoms with van der Waals surface area (Å²) in [5, 5.41) is 3.52. The van der Waals surface area contributed by atoms with E-state index in [2.05, 4.69) is 58.5 Å². The Morgan fingerprint density at radius 1 is 1.19 bits per heavy atom. The summed E-state index contributed by atoms with van der Waals surface area (Å²) in [6, 6.07) is 0.594. The molecule has 0 radical (unpaired) electrons. The molecule has 1 N–H and O–H groups in total. The highest BCUT2D eigenvalue weighted by molar-refractivity contribution is 4.92. The van der Waals surface area contributed by atoms with Gasteiger partial charge in [-0.15, -0.1) is 0 Å². The Hall–Kier alpha value is -0.340. The standard InChI is InChI=1S/C14H30N2/c1-11(2)8-15-9-13(5)14(6)16(7)10-12(3)4/h11,13-15H,3,8-10H2,1-2,4-7H3. The van der Waals surface area contributed by atoms with E-state index in [-0.39, 0.29) is 0 Å². The van der Waals surface area contributed by atoms with Gasteiger partial charge in [0.1, 0.15) is 0 Å². The molecule has 0 aromatic rings. The van der Waals surface area contributed by atoms with E-state index in [1.54, 1.807) is 0 Å². The molecule has 0 fully saturated rings. The Labute approximate surface area is 102 Å². The number of hydrogen-bond donors (Lipinski definition) is 1. The molecule has 0 aliphatic carbocycles. The van der Waals surface area contributed by atoms with Gasteiger partial charge in [-0.2, -0.15) is 0 Å². The summed E-state index contributed by atoms with van der Waals surface area (Å²) in [6.07, 6.45) is 0. The highest BCUT2D eigenvalue weighted by atomic mass is 15.1. The van der Waals surface area contributed by atoms with Crippen molar-refractivity contribution in [2.75, 3.05) is 26.7 Å². The van der Waals surface area contributed by atoms with Crippen LogP contribution in [0.1, 0.15) is 34.6 Å². The van der Waals surface area contributed by atoms with Gasteiger partial charge in [-0.25, -0.2) is 0 Å². The van der Waals surface area contributed by atoms with Gasteiger partial charge >= 0.3 is 0 Å². The predicted molar refractivity (Wildman–Crippen MR) is 73.8 cm³/mol. The zero-order valence-corrected chi connectivity index (χ0v) is 12.0. The number of hydrogen-bond acceptors (Lipinski definition) is 2. The van der Waals surface area contributed by atoms with Gasteiger partial charge in [0.2, 0.25) is 0 Å². The van der Waals surface area contributed by atoms with Crippen LogP contribution in [0.2, 0.25) is 0 Å². The Balaban J connectivity index is 3.87. The van der Waals surface area contributed by atoms with Crippen molar-refractivity contribution in [3.05, 3.63) is 12.2 Å². The monoisotopic (exact) mass is 226 g/mol. The molecule has 2 heteroatoms. The van der Waals surface area contributed by atoms with Crippen LogP contribution in [0.25, 0.3) is 0 Å². The van der Waals surface area contributed by atoms with Gasteiger partial charge in [0.05, 0.1) is 0 Å². The molecule has 2 unspecified atom stereocenters. The molecule has 0 saturated carbocycles. The first-order chi connectivity index (χ1) is 7.34. The minimum Gasteiger partial charge on any atom is -0.316 e. The summed E-state index contributed by atoms with van der Waals surface area (Å²) in [7, 11) is 2.18. The van der Waals surface area contributed by atoms with E-state index in [0.717, 1.165) is 25.6 Å². The smallest absolute Gasteiger partial charge is 0.0187 e. The van der Waals surface area contributed by atoms with Crippen molar-refractivity contribution in [1.29, 1.82) is 0 Å². The van der Waals surface area contributed by atoms with E-state index >= 15 is 0 Å². The van der Waals surface area contributed by atoms with Crippen LogP contribution >= 0.6 is 0 Å². The molecule has 0 saturated heterocycles. The van der Waals surface area contributed by atoms with Crippen molar-refractivity contribution >= 4 is 0 Å². The van der Waals surface area contributed by atoms with E-state index in [1.807, 2.05) is 0 Å². The van der Waals surface area contributed by atoms with Gasteiger partial charge in [0.15, 0.2) is 0 Å². The lowest BCUT2D eigenvalue weighted by Crippen LogP contribution is -2.40. The lowest BCUT2D eigenvalue weighted by Gasteiger charge is -2.30. The minimum absolute atomic E-state index is 0.594. The van der Waals surface area contributed by atoms with Crippen LogP contribution < -0.4 is 5.32 Å². The Kier molecular flexibility index (Phi) is 7.69. The number of rotatable bonds is 8. The molecule has 0 amide bonds. The molecule has 0 spiro atoms. The van der Waals surface area contributed by atoms with Gasteiger partial charge in [-0.05, 0) is 45.8 Å². The summed E-state index contributed by atoms with van der Waals surface area (Å²) in [5.41, 5.74) is 1.23. The van der Waals surface area contributed by atoms with E-state index in [4.69, 9.17) is 0 Å². The van der Waals surface area contributed by atoms with E-state index in [1.165, 1.54) is 5.57 Å². The average Bonchev–Trinajstić information content (AvgIpc) is 2.14. The third-order valence-electron chi connectivity index (χ3n) is 3.06. The van der Waals surface area contributed by atoms with E-state index in [0.29, 0.717) is 12.0 Å². The molecule has 16 heavy (non-hydrogen) atoms. The fourth-order valence-corrected chi connectivity index (χ4v) is 1.77. The zero-order valence-electron chi connectivity index (χ0n) is 12.0. The second kappa shape index (κ2) is 7.86. The fourth-order valence-electron chi connectivity index (χ4n) is 1.77. The lowest BCUT2D eigenvalue weighted by atomic mass is 10.0. The van der Waals surface area contributed by atoms with Crippen molar-refractivity contribution in [2.45, 2.75) is 40.7 Å². The van der Waals surface area contributed by atoms with Gasteiger partial charge in [-0.1, -0.05) is 32.9 Å². The molecule has 0 bridgehead atoms. The van der Waals surface area contributed by atoms with Gasteiger partial charge < -0.3 is 5.32 Å².